The highest BCUT2D eigenvalue weighted by Crippen LogP contribution is 2.42. The van der Waals surface area contributed by atoms with Gasteiger partial charge in [0, 0.05) is 5.57 Å². The van der Waals surface area contributed by atoms with Crippen molar-refractivity contribution in [2.45, 2.75) is 85.5 Å². The van der Waals surface area contributed by atoms with Gasteiger partial charge in [0.15, 0.2) is 0 Å². The highest BCUT2D eigenvalue weighted by Gasteiger charge is 2.27. The molecule has 0 saturated carbocycles. The lowest BCUT2D eigenvalue weighted by Crippen LogP contribution is -2.20. The second kappa shape index (κ2) is 11.1. The summed E-state index contributed by atoms with van der Waals surface area (Å²) in [5.41, 5.74) is 4.14. The van der Waals surface area contributed by atoms with Gasteiger partial charge in [-0.15, -0.1) is 0 Å². The van der Waals surface area contributed by atoms with E-state index < -0.39 is 5.97 Å². The molecule has 0 fully saturated rings. The molecule has 0 aliphatic heterocycles. The van der Waals surface area contributed by atoms with E-state index in [1.807, 2.05) is 0 Å². The highest BCUT2D eigenvalue weighted by atomic mass is 16.4. The van der Waals surface area contributed by atoms with Gasteiger partial charge in [-0.25, -0.2) is 4.79 Å². The molecule has 2 heteroatoms. The molecular formula is C23H36O2. The van der Waals surface area contributed by atoms with Gasteiger partial charge < -0.3 is 5.11 Å². The summed E-state index contributed by atoms with van der Waals surface area (Å²) in [7, 11) is 0. The molecule has 1 aliphatic carbocycles. The van der Waals surface area contributed by atoms with Crippen LogP contribution in [0.5, 0.6) is 0 Å². The summed E-state index contributed by atoms with van der Waals surface area (Å²) in [5, 5.41) is 8.76. The minimum atomic E-state index is -0.823. The van der Waals surface area contributed by atoms with Crippen LogP contribution < -0.4 is 0 Å². The van der Waals surface area contributed by atoms with Crippen LogP contribution in [-0.4, -0.2) is 11.1 Å². The number of rotatable bonds is 10. The molecule has 0 bridgehead atoms. The third-order valence-electron chi connectivity index (χ3n) is 5.20. The molecular weight excluding hydrogens is 308 g/mol. The normalized spacial score (nSPS) is 18.5. The van der Waals surface area contributed by atoms with E-state index in [0.29, 0.717) is 11.0 Å². The first-order chi connectivity index (χ1) is 11.8. The SMILES string of the molecule is CC(=CCCC=CCCC=CCCC1=C(C)CCCC1(C)C)C(=O)O. The number of hydrogen-bond donors (Lipinski definition) is 1. The van der Waals surface area contributed by atoms with Crippen LogP contribution >= 0.6 is 0 Å². The summed E-state index contributed by atoms with van der Waals surface area (Å²) in [6.07, 6.45) is 20.9. The van der Waals surface area contributed by atoms with Gasteiger partial charge in [-0.1, -0.05) is 55.4 Å². The minimum Gasteiger partial charge on any atom is -0.478 e. The fourth-order valence-corrected chi connectivity index (χ4v) is 3.60. The Morgan fingerprint density at radius 1 is 1.04 bits per heavy atom. The lowest BCUT2D eigenvalue weighted by molar-refractivity contribution is -0.132. The monoisotopic (exact) mass is 344 g/mol. The number of allylic oxidation sites excluding steroid dienone is 7. The van der Waals surface area contributed by atoms with Crippen LogP contribution in [0.15, 0.2) is 47.1 Å². The Kier molecular flexibility index (Phi) is 9.55. The average molecular weight is 345 g/mol. The molecule has 0 amide bonds. The van der Waals surface area contributed by atoms with Crippen LogP contribution in [0.4, 0.5) is 0 Å². The summed E-state index contributed by atoms with van der Waals surface area (Å²) < 4.78 is 0. The molecule has 0 radical (unpaired) electrons. The highest BCUT2D eigenvalue weighted by molar-refractivity contribution is 5.85. The maximum atomic E-state index is 10.6. The molecule has 1 aliphatic rings. The first-order valence-corrected chi connectivity index (χ1v) is 9.73. The smallest absolute Gasteiger partial charge is 0.330 e. The number of carboxylic acid groups (broad SMARTS) is 1. The van der Waals surface area contributed by atoms with Crippen molar-refractivity contribution in [3.63, 3.8) is 0 Å². The number of carboxylic acids is 1. The first-order valence-electron chi connectivity index (χ1n) is 9.73. The Morgan fingerprint density at radius 2 is 1.60 bits per heavy atom. The van der Waals surface area contributed by atoms with Gasteiger partial charge in [0.25, 0.3) is 0 Å². The topological polar surface area (TPSA) is 37.3 Å². The lowest BCUT2D eigenvalue weighted by atomic mass is 9.71. The third kappa shape index (κ3) is 8.38. The molecule has 0 aromatic rings. The van der Waals surface area contributed by atoms with E-state index in [9.17, 15) is 4.79 Å². The second-order valence-electron chi connectivity index (χ2n) is 7.82. The number of unbranched alkanes of at least 4 members (excludes halogenated alkanes) is 2. The summed E-state index contributed by atoms with van der Waals surface area (Å²) >= 11 is 0. The molecule has 0 aromatic carbocycles. The average Bonchev–Trinajstić information content (AvgIpc) is 2.54. The van der Waals surface area contributed by atoms with E-state index in [2.05, 4.69) is 45.1 Å². The van der Waals surface area contributed by atoms with E-state index >= 15 is 0 Å². The molecule has 0 heterocycles. The summed E-state index contributed by atoms with van der Waals surface area (Å²) in [4.78, 5) is 10.6. The molecule has 0 aromatic heterocycles. The van der Waals surface area contributed by atoms with Crippen molar-refractivity contribution >= 4 is 5.97 Å². The Hall–Kier alpha value is -1.57. The number of hydrogen-bond acceptors (Lipinski definition) is 1. The van der Waals surface area contributed by atoms with Gasteiger partial charge in [0.05, 0.1) is 0 Å². The third-order valence-corrected chi connectivity index (χ3v) is 5.20. The second-order valence-corrected chi connectivity index (χ2v) is 7.82. The van der Waals surface area contributed by atoms with Crippen molar-refractivity contribution in [2.75, 3.05) is 0 Å². The van der Waals surface area contributed by atoms with Crippen molar-refractivity contribution in [3.8, 4) is 0 Å². The zero-order valence-electron chi connectivity index (χ0n) is 16.6. The van der Waals surface area contributed by atoms with Crippen molar-refractivity contribution in [1.29, 1.82) is 0 Å². The summed E-state index contributed by atoms with van der Waals surface area (Å²) in [6, 6.07) is 0. The summed E-state index contributed by atoms with van der Waals surface area (Å²) in [6.45, 7) is 8.75. The zero-order valence-corrected chi connectivity index (χ0v) is 16.6. The molecule has 1 rings (SSSR count). The predicted octanol–water partition coefficient (Wildman–Crippen LogP) is 7.00. The first kappa shape index (κ1) is 21.5. The molecule has 0 atom stereocenters. The molecule has 1 N–H and O–H groups in total. The standard InChI is InChI=1S/C23H36O2/c1-19-16-14-18-23(3,4)21(19)17-13-11-9-7-5-6-8-10-12-15-20(2)22(24)25/h6,8-9,11,15H,5,7,10,12-14,16-18H2,1-4H3,(H,24,25). The van der Waals surface area contributed by atoms with E-state index in [1.165, 1.54) is 25.7 Å². The van der Waals surface area contributed by atoms with Crippen LogP contribution in [0.1, 0.15) is 85.5 Å². The van der Waals surface area contributed by atoms with Crippen molar-refractivity contribution in [3.05, 3.63) is 47.1 Å². The molecule has 140 valence electrons. The Labute approximate surface area is 154 Å². The molecule has 2 nitrogen and oxygen atoms in total. The lowest BCUT2D eigenvalue weighted by Gasteiger charge is -2.34. The fraction of sp³-hybridized carbons (Fsp3) is 0.609. The maximum Gasteiger partial charge on any atom is 0.330 e. The van der Waals surface area contributed by atoms with E-state index in [4.69, 9.17) is 5.11 Å². The van der Waals surface area contributed by atoms with Gasteiger partial charge in [0.2, 0.25) is 0 Å². The summed E-state index contributed by atoms with van der Waals surface area (Å²) in [5.74, 6) is -0.823. The number of carbonyl (C=O) groups is 1. The van der Waals surface area contributed by atoms with E-state index in [1.54, 1.807) is 24.1 Å². The van der Waals surface area contributed by atoms with E-state index in [0.717, 1.165) is 32.1 Å². The van der Waals surface area contributed by atoms with Crippen molar-refractivity contribution in [2.24, 2.45) is 5.41 Å². The van der Waals surface area contributed by atoms with Crippen molar-refractivity contribution in [1.82, 2.24) is 0 Å². The van der Waals surface area contributed by atoms with Crippen LogP contribution in [0.25, 0.3) is 0 Å². The Balaban J connectivity index is 2.17. The molecule has 0 saturated heterocycles. The van der Waals surface area contributed by atoms with Crippen LogP contribution in [0.3, 0.4) is 0 Å². The quantitative estimate of drug-likeness (QED) is 0.263. The Morgan fingerprint density at radius 3 is 2.16 bits per heavy atom. The molecule has 0 spiro atoms. The van der Waals surface area contributed by atoms with E-state index in [-0.39, 0.29) is 0 Å². The van der Waals surface area contributed by atoms with Crippen LogP contribution in [-0.2, 0) is 4.79 Å². The van der Waals surface area contributed by atoms with Gasteiger partial charge >= 0.3 is 5.97 Å². The van der Waals surface area contributed by atoms with Crippen LogP contribution in [0, 0.1) is 5.41 Å². The maximum absolute atomic E-state index is 10.6. The minimum absolute atomic E-state index is 0.395. The molecule has 0 unspecified atom stereocenters. The van der Waals surface area contributed by atoms with Crippen molar-refractivity contribution < 1.29 is 9.90 Å². The largest absolute Gasteiger partial charge is 0.478 e. The molecule has 25 heavy (non-hydrogen) atoms. The van der Waals surface area contributed by atoms with Gasteiger partial charge in [-0.3, -0.25) is 0 Å². The predicted molar refractivity (Wildman–Crippen MR) is 108 cm³/mol. The van der Waals surface area contributed by atoms with Gasteiger partial charge in [-0.05, 0) is 77.0 Å². The van der Waals surface area contributed by atoms with Gasteiger partial charge in [-0.2, -0.15) is 0 Å². The number of aliphatic carboxylic acids is 1. The van der Waals surface area contributed by atoms with Crippen LogP contribution in [0.2, 0.25) is 0 Å². The zero-order chi connectivity index (χ0) is 18.7. The van der Waals surface area contributed by atoms with Gasteiger partial charge in [0.1, 0.15) is 0 Å². The fourth-order valence-electron chi connectivity index (χ4n) is 3.60. The Bertz CT molecular complexity index is 544.